The second kappa shape index (κ2) is 2.77. The summed E-state index contributed by atoms with van der Waals surface area (Å²) in [5.74, 6) is -1.77. The van der Waals surface area contributed by atoms with E-state index in [0.29, 0.717) is 17.1 Å². The molecule has 1 aliphatic heterocycles. The molecule has 1 fully saturated rings. The van der Waals surface area contributed by atoms with Crippen molar-refractivity contribution in [2.45, 2.75) is 11.8 Å². The molecule has 1 heterocycles. The maximum Gasteiger partial charge on any atom is 0.307 e. The molecule has 0 aromatic heterocycles. The Labute approximate surface area is 96.2 Å². The smallest absolute Gasteiger partial charge is 0.307 e. The molecule has 2 atom stereocenters. The third-order valence-electron chi connectivity index (χ3n) is 3.37. The summed E-state index contributed by atoms with van der Waals surface area (Å²) in [6.45, 7) is 0. The highest BCUT2D eigenvalue weighted by Gasteiger charge is 2.68. The highest BCUT2D eigenvalue weighted by Crippen LogP contribution is 2.60. The summed E-state index contributed by atoms with van der Waals surface area (Å²) in [6.07, 6.45) is 0.363. The lowest BCUT2D eigenvalue weighted by molar-refractivity contribution is -0.140. The largest absolute Gasteiger partial charge is 0.481 e. The number of carboxylic acid groups (broad SMARTS) is 1. The van der Waals surface area contributed by atoms with Crippen molar-refractivity contribution in [2.24, 2.45) is 5.92 Å². The number of aliphatic carboxylic acids is 1. The first kappa shape index (κ1) is 9.66. The van der Waals surface area contributed by atoms with Crippen LogP contribution in [0.25, 0.3) is 0 Å². The lowest BCUT2D eigenvalue weighted by atomic mass is 9.95. The van der Waals surface area contributed by atoms with Crippen molar-refractivity contribution in [1.82, 2.24) is 0 Å². The van der Waals surface area contributed by atoms with Gasteiger partial charge in [-0.3, -0.25) is 9.59 Å². The quantitative estimate of drug-likeness (QED) is 0.780. The van der Waals surface area contributed by atoms with Gasteiger partial charge in [0.25, 0.3) is 0 Å². The Bertz CT molecular complexity index is 528. The molecule has 0 radical (unpaired) electrons. The van der Waals surface area contributed by atoms with E-state index < -0.39 is 17.3 Å². The van der Waals surface area contributed by atoms with Gasteiger partial charge in [-0.15, -0.1) is 0 Å². The lowest BCUT2D eigenvalue weighted by Crippen LogP contribution is -2.24. The second-order valence-corrected chi connectivity index (χ2v) is 4.65. The monoisotopic (exact) mass is 237 g/mol. The van der Waals surface area contributed by atoms with Crippen molar-refractivity contribution in [1.29, 1.82) is 0 Å². The first-order valence-electron chi connectivity index (χ1n) is 4.90. The van der Waals surface area contributed by atoms with Crippen LogP contribution in [-0.4, -0.2) is 17.0 Å². The van der Waals surface area contributed by atoms with E-state index in [0.717, 1.165) is 5.56 Å². The minimum Gasteiger partial charge on any atom is -0.481 e. The van der Waals surface area contributed by atoms with Crippen molar-refractivity contribution in [3.05, 3.63) is 28.8 Å². The zero-order chi connectivity index (χ0) is 11.5. The third-order valence-corrected chi connectivity index (χ3v) is 3.61. The Morgan fingerprint density at radius 2 is 2.31 bits per heavy atom. The van der Waals surface area contributed by atoms with Gasteiger partial charge in [0.1, 0.15) is 0 Å². The number of hydrogen-bond donors (Lipinski definition) is 2. The van der Waals surface area contributed by atoms with Crippen molar-refractivity contribution in [2.75, 3.05) is 5.32 Å². The predicted octanol–water partition coefficient (Wildman–Crippen LogP) is 1.63. The molecule has 2 unspecified atom stereocenters. The normalized spacial score (nSPS) is 30.1. The van der Waals surface area contributed by atoms with Crippen LogP contribution < -0.4 is 5.32 Å². The van der Waals surface area contributed by atoms with Crippen LogP contribution >= 0.6 is 11.6 Å². The SMILES string of the molecule is O=C(O)C1CC12C(=O)Nc1ccc(Cl)cc12. The summed E-state index contributed by atoms with van der Waals surface area (Å²) in [6, 6.07) is 5.07. The third kappa shape index (κ3) is 0.998. The number of carbonyl (C=O) groups excluding carboxylic acids is 1. The van der Waals surface area contributed by atoms with Crippen LogP contribution in [0.15, 0.2) is 18.2 Å². The van der Waals surface area contributed by atoms with Crippen LogP contribution in [-0.2, 0) is 15.0 Å². The number of anilines is 1. The van der Waals surface area contributed by atoms with E-state index in [-0.39, 0.29) is 5.91 Å². The van der Waals surface area contributed by atoms with Gasteiger partial charge in [-0.05, 0) is 30.2 Å². The van der Waals surface area contributed by atoms with E-state index in [1.54, 1.807) is 18.2 Å². The highest BCUT2D eigenvalue weighted by atomic mass is 35.5. The summed E-state index contributed by atoms with van der Waals surface area (Å²) < 4.78 is 0. The molecule has 0 saturated heterocycles. The number of halogens is 1. The summed E-state index contributed by atoms with van der Waals surface area (Å²) >= 11 is 5.87. The number of fused-ring (bicyclic) bond motifs is 2. The molecular formula is C11H8ClNO3. The second-order valence-electron chi connectivity index (χ2n) is 4.21. The van der Waals surface area contributed by atoms with Crippen molar-refractivity contribution < 1.29 is 14.7 Å². The van der Waals surface area contributed by atoms with Crippen LogP contribution in [0.3, 0.4) is 0 Å². The van der Waals surface area contributed by atoms with Crippen LogP contribution in [0.1, 0.15) is 12.0 Å². The minimum atomic E-state index is -0.928. The van der Waals surface area contributed by atoms with Gasteiger partial charge < -0.3 is 10.4 Å². The van der Waals surface area contributed by atoms with Crippen molar-refractivity contribution >= 4 is 29.2 Å². The number of carbonyl (C=O) groups is 2. The Hall–Kier alpha value is -1.55. The van der Waals surface area contributed by atoms with E-state index >= 15 is 0 Å². The van der Waals surface area contributed by atoms with Crippen LogP contribution in [0.5, 0.6) is 0 Å². The number of rotatable bonds is 1. The molecular weight excluding hydrogens is 230 g/mol. The Morgan fingerprint density at radius 1 is 1.56 bits per heavy atom. The number of hydrogen-bond acceptors (Lipinski definition) is 2. The van der Waals surface area contributed by atoms with Gasteiger partial charge in [0.15, 0.2) is 0 Å². The fourth-order valence-corrected chi connectivity index (χ4v) is 2.63. The Morgan fingerprint density at radius 3 is 2.94 bits per heavy atom. The maximum atomic E-state index is 11.8. The fraction of sp³-hybridized carbons (Fsp3) is 0.273. The molecule has 16 heavy (non-hydrogen) atoms. The molecule has 1 amide bonds. The minimum absolute atomic E-state index is 0.225. The topological polar surface area (TPSA) is 66.4 Å². The molecule has 4 nitrogen and oxygen atoms in total. The van der Waals surface area contributed by atoms with Gasteiger partial charge in [0, 0.05) is 10.7 Å². The van der Waals surface area contributed by atoms with Crippen LogP contribution in [0.4, 0.5) is 5.69 Å². The van der Waals surface area contributed by atoms with Gasteiger partial charge in [-0.2, -0.15) is 0 Å². The Kier molecular flexibility index (Phi) is 1.67. The maximum absolute atomic E-state index is 11.8. The highest BCUT2D eigenvalue weighted by molar-refractivity contribution is 6.31. The van der Waals surface area contributed by atoms with E-state index in [1.165, 1.54) is 0 Å². The average Bonchev–Trinajstić information content (AvgIpc) is 2.91. The molecule has 82 valence electrons. The molecule has 1 spiro atoms. The van der Waals surface area contributed by atoms with Gasteiger partial charge >= 0.3 is 5.97 Å². The molecule has 2 aliphatic rings. The van der Waals surface area contributed by atoms with Gasteiger partial charge in [-0.25, -0.2) is 0 Å². The molecule has 1 aliphatic carbocycles. The number of benzene rings is 1. The summed E-state index contributed by atoms with van der Waals surface area (Å²) in [5, 5.41) is 12.2. The predicted molar refractivity (Wildman–Crippen MR) is 57.5 cm³/mol. The van der Waals surface area contributed by atoms with Crippen molar-refractivity contribution in [3.8, 4) is 0 Å². The number of amides is 1. The van der Waals surface area contributed by atoms with Gasteiger partial charge in [0.2, 0.25) is 5.91 Å². The van der Waals surface area contributed by atoms with Gasteiger partial charge in [0.05, 0.1) is 11.3 Å². The zero-order valence-electron chi connectivity index (χ0n) is 8.16. The molecule has 1 saturated carbocycles. The molecule has 0 bridgehead atoms. The number of carboxylic acids is 1. The standard InChI is InChI=1S/C11H8ClNO3/c12-5-1-2-8-6(3-5)11(10(16)13-8)4-7(11)9(14)15/h1-3,7H,4H2,(H,13,16)(H,14,15). The molecule has 3 rings (SSSR count). The summed E-state index contributed by atoms with van der Waals surface area (Å²) in [7, 11) is 0. The average molecular weight is 238 g/mol. The van der Waals surface area contributed by atoms with Crippen LogP contribution in [0, 0.1) is 5.92 Å². The molecule has 2 N–H and O–H groups in total. The van der Waals surface area contributed by atoms with E-state index in [2.05, 4.69) is 5.32 Å². The fourth-order valence-electron chi connectivity index (χ4n) is 2.46. The molecule has 5 heteroatoms. The van der Waals surface area contributed by atoms with E-state index in [9.17, 15) is 9.59 Å². The van der Waals surface area contributed by atoms with E-state index in [4.69, 9.17) is 16.7 Å². The Balaban J connectivity index is 2.14. The lowest BCUT2D eigenvalue weighted by Gasteiger charge is -2.05. The van der Waals surface area contributed by atoms with E-state index in [1.807, 2.05) is 0 Å². The molecule has 1 aromatic carbocycles. The first-order chi connectivity index (χ1) is 7.55. The number of nitrogens with one attached hydrogen (secondary N) is 1. The first-order valence-corrected chi connectivity index (χ1v) is 5.28. The summed E-state index contributed by atoms with van der Waals surface area (Å²) in [5.41, 5.74) is 0.530. The molecule has 1 aromatic rings. The van der Waals surface area contributed by atoms with Crippen LogP contribution in [0.2, 0.25) is 5.02 Å². The van der Waals surface area contributed by atoms with Crippen molar-refractivity contribution in [3.63, 3.8) is 0 Å². The summed E-state index contributed by atoms with van der Waals surface area (Å²) in [4.78, 5) is 22.8. The zero-order valence-corrected chi connectivity index (χ0v) is 8.91. The van der Waals surface area contributed by atoms with Gasteiger partial charge in [-0.1, -0.05) is 11.6 Å².